The maximum absolute atomic E-state index is 13.3. The first-order valence-corrected chi connectivity index (χ1v) is 9.72. The Labute approximate surface area is 165 Å². The van der Waals surface area contributed by atoms with E-state index in [0.717, 1.165) is 29.0 Å². The van der Waals surface area contributed by atoms with Crippen LogP contribution in [0, 0.1) is 5.82 Å². The largest absolute Gasteiger partial charge is 0.347 e. The molecular weight excluding hydrogens is 387 g/mol. The summed E-state index contributed by atoms with van der Waals surface area (Å²) in [7, 11) is 0. The van der Waals surface area contributed by atoms with E-state index < -0.39 is 0 Å². The summed E-state index contributed by atoms with van der Waals surface area (Å²) in [6.07, 6.45) is 1.28. The maximum atomic E-state index is 13.3. The van der Waals surface area contributed by atoms with Gasteiger partial charge in [-0.3, -0.25) is 9.59 Å². The molecule has 1 aromatic heterocycles. The van der Waals surface area contributed by atoms with Gasteiger partial charge in [0, 0.05) is 28.7 Å². The molecule has 2 amide bonds. The van der Waals surface area contributed by atoms with E-state index in [2.05, 4.69) is 10.6 Å². The van der Waals surface area contributed by atoms with Gasteiger partial charge in [0.25, 0.3) is 5.91 Å². The molecule has 3 rings (SSSR count). The van der Waals surface area contributed by atoms with Gasteiger partial charge < -0.3 is 10.6 Å². The van der Waals surface area contributed by atoms with Crippen LogP contribution in [0.5, 0.6) is 0 Å². The SMILES string of the molecule is CCCC(=O)Nc1ccc(CNC(=O)c2sc3cc(F)ccc3c2Cl)cc1. The van der Waals surface area contributed by atoms with Gasteiger partial charge in [0.05, 0.1) is 5.02 Å². The van der Waals surface area contributed by atoms with Crippen molar-refractivity contribution in [1.82, 2.24) is 5.32 Å². The van der Waals surface area contributed by atoms with Crippen LogP contribution >= 0.6 is 22.9 Å². The monoisotopic (exact) mass is 404 g/mol. The second-order valence-corrected chi connectivity index (χ2v) is 7.49. The number of hydrogen-bond acceptors (Lipinski definition) is 3. The summed E-state index contributed by atoms with van der Waals surface area (Å²) in [5.41, 5.74) is 1.61. The Balaban J connectivity index is 1.64. The van der Waals surface area contributed by atoms with Crippen molar-refractivity contribution in [3.8, 4) is 0 Å². The highest BCUT2D eigenvalue weighted by Gasteiger charge is 2.17. The lowest BCUT2D eigenvalue weighted by atomic mass is 10.2. The number of amides is 2. The maximum Gasteiger partial charge on any atom is 0.263 e. The predicted molar refractivity (Wildman–Crippen MR) is 108 cm³/mol. The number of benzene rings is 2. The topological polar surface area (TPSA) is 58.2 Å². The second kappa shape index (κ2) is 8.50. The molecule has 0 unspecified atom stereocenters. The van der Waals surface area contributed by atoms with Crippen molar-refractivity contribution >= 4 is 50.5 Å². The van der Waals surface area contributed by atoms with E-state index in [1.54, 1.807) is 18.2 Å². The number of carbonyl (C=O) groups is 2. The molecule has 7 heteroatoms. The molecule has 0 atom stereocenters. The first-order chi connectivity index (χ1) is 13.0. The first-order valence-electron chi connectivity index (χ1n) is 8.52. The minimum atomic E-state index is -0.363. The Morgan fingerprint density at radius 2 is 1.89 bits per heavy atom. The summed E-state index contributed by atoms with van der Waals surface area (Å²) in [5.74, 6) is -0.685. The molecule has 0 aliphatic carbocycles. The van der Waals surface area contributed by atoms with E-state index in [4.69, 9.17) is 11.6 Å². The Bertz CT molecular complexity index is 986. The standard InChI is InChI=1S/C20H18ClFN2O2S/c1-2-3-17(25)24-14-7-4-12(5-8-14)11-23-20(26)19-18(21)15-9-6-13(22)10-16(15)27-19/h4-10H,2-3,11H2,1H3,(H,23,26)(H,24,25). The summed E-state index contributed by atoms with van der Waals surface area (Å²) in [5, 5.41) is 6.63. The third kappa shape index (κ3) is 4.64. The van der Waals surface area contributed by atoms with Crippen molar-refractivity contribution in [3.63, 3.8) is 0 Å². The van der Waals surface area contributed by atoms with Crippen LogP contribution in [0.1, 0.15) is 35.0 Å². The lowest BCUT2D eigenvalue weighted by Gasteiger charge is -2.07. The van der Waals surface area contributed by atoms with E-state index in [-0.39, 0.29) is 17.6 Å². The van der Waals surface area contributed by atoms with Gasteiger partial charge >= 0.3 is 0 Å². The van der Waals surface area contributed by atoms with E-state index >= 15 is 0 Å². The molecule has 0 saturated heterocycles. The van der Waals surface area contributed by atoms with Crippen LogP contribution in [0.15, 0.2) is 42.5 Å². The molecule has 27 heavy (non-hydrogen) atoms. The van der Waals surface area contributed by atoms with E-state index in [0.29, 0.717) is 33.0 Å². The van der Waals surface area contributed by atoms with Crippen molar-refractivity contribution in [3.05, 3.63) is 63.7 Å². The molecule has 0 bridgehead atoms. The van der Waals surface area contributed by atoms with Crippen LogP contribution in [-0.2, 0) is 11.3 Å². The van der Waals surface area contributed by atoms with Gasteiger partial charge in [-0.05, 0) is 42.3 Å². The zero-order valence-corrected chi connectivity index (χ0v) is 16.2. The summed E-state index contributed by atoms with van der Waals surface area (Å²) >= 11 is 7.43. The third-order valence-electron chi connectivity index (χ3n) is 3.97. The predicted octanol–water partition coefficient (Wildman–Crippen LogP) is 5.36. The molecule has 140 valence electrons. The molecule has 0 aliphatic rings. The first kappa shape index (κ1) is 19.3. The van der Waals surface area contributed by atoms with Crippen LogP contribution in [0.2, 0.25) is 5.02 Å². The van der Waals surface area contributed by atoms with Crippen molar-refractivity contribution < 1.29 is 14.0 Å². The summed E-state index contributed by atoms with van der Waals surface area (Å²) in [4.78, 5) is 24.4. The molecule has 0 fully saturated rings. The van der Waals surface area contributed by atoms with Gasteiger partial charge in [0.1, 0.15) is 10.7 Å². The van der Waals surface area contributed by atoms with Gasteiger partial charge in [-0.2, -0.15) is 0 Å². The van der Waals surface area contributed by atoms with E-state index in [1.807, 2.05) is 19.1 Å². The fourth-order valence-electron chi connectivity index (χ4n) is 2.60. The van der Waals surface area contributed by atoms with Crippen LogP contribution in [0.4, 0.5) is 10.1 Å². The highest BCUT2D eigenvalue weighted by atomic mass is 35.5. The molecule has 3 aromatic rings. The van der Waals surface area contributed by atoms with Crippen molar-refractivity contribution in [2.45, 2.75) is 26.3 Å². The Hall–Kier alpha value is -2.44. The van der Waals surface area contributed by atoms with Gasteiger partial charge in [-0.1, -0.05) is 30.7 Å². The number of nitrogens with one attached hydrogen (secondary N) is 2. The Kier molecular flexibility index (Phi) is 6.08. The summed E-state index contributed by atoms with van der Waals surface area (Å²) < 4.78 is 14.0. The van der Waals surface area contributed by atoms with Crippen molar-refractivity contribution in [1.29, 1.82) is 0 Å². The molecule has 2 N–H and O–H groups in total. The summed E-state index contributed by atoms with van der Waals surface area (Å²) in [6.45, 7) is 2.27. The highest BCUT2D eigenvalue weighted by Crippen LogP contribution is 2.35. The molecule has 0 spiro atoms. The van der Waals surface area contributed by atoms with Gasteiger partial charge in [-0.25, -0.2) is 4.39 Å². The number of rotatable bonds is 6. The van der Waals surface area contributed by atoms with Gasteiger partial charge in [0.15, 0.2) is 0 Å². The molecule has 0 saturated carbocycles. The number of hydrogen-bond donors (Lipinski definition) is 2. The van der Waals surface area contributed by atoms with Gasteiger partial charge in [-0.15, -0.1) is 11.3 Å². The molecule has 4 nitrogen and oxygen atoms in total. The number of fused-ring (bicyclic) bond motifs is 1. The molecule has 1 heterocycles. The molecular formula is C20H18ClFN2O2S. The average Bonchev–Trinajstić information content (AvgIpc) is 2.97. The van der Waals surface area contributed by atoms with Crippen LogP contribution in [0.25, 0.3) is 10.1 Å². The minimum absolute atomic E-state index is 0.0191. The Morgan fingerprint density at radius 1 is 1.15 bits per heavy atom. The van der Waals surface area contributed by atoms with Crippen LogP contribution < -0.4 is 10.6 Å². The number of halogens is 2. The number of carbonyl (C=O) groups excluding carboxylic acids is 2. The van der Waals surface area contributed by atoms with E-state index in [9.17, 15) is 14.0 Å². The van der Waals surface area contributed by atoms with E-state index in [1.165, 1.54) is 12.1 Å². The zero-order valence-electron chi connectivity index (χ0n) is 14.6. The smallest absolute Gasteiger partial charge is 0.263 e. The minimum Gasteiger partial charge on any atom is -0.347 e. The average molecular weight is 405 g/mol. The second-order valence-electron chi connectivity index (χ2n) is 6.06. The Morgan fingerprint density at radius 3 is 2.59 bits per heavy atom. The van der Waals surface area contributed by atoms with Crippen LogP contribution in [-0.4, -0.2) is 11.8 Å². The molecule has 0 radical (unpaired) electrons. The third-order valence-corrected chi connectivity index (χ3v) is 5.62. The fourth-order valence-corrected chi connectivity index (χ4v) is 4.06. The number of thiophene rings is 1. The quantitative estimate of drug-likeness (QED) is 0.580. The lowest BCUT2D eigenvalue weighted by molar-refractivity contribution is -0.116. The molecule has 0 aliphatic heterocycles. The fraction of sp³-hybridized carbons (Fsp3) is 0.200. The van der Waals surface area contributed by atoms with Crippen LogP contribution in [0.3, 0.4) is 0 Å². The normalized spacial score (nSPS) is 10.8. The lowest BCUT2D eigenvalue weighted by Crippen LogP contribution is -2.22. The summed E-state index contributed by atoms with van der Waals surface area (Å²) in [6, 6.07) is 11.5. The van der Waals surface area contributed by atoms with Gasteiger partial charge in [0.2, 0.25) is 5.91 Å². The molecule has 2 aromatic carbocycles. The number of anilines is 1. The van der Waals surface area contributed by atoms with Crippen molar-refractivity contribution in [2.24, 2.45) is 0 Å². The highest BCUT2D eigenvalue weighted by molar-refractivity contribution is 7.21. The zero-order chi connectivity index (χ0) is 19.4. The van der Waals surface area contributed by atoms with Crippen molar-refractivity contribution in [2.75, 3.05) is 5.32 Å².